The molecule has 4 rings (SSSR count). The third kappa shape index (κ3) is 6.73. The molecule has 1 heterocycles. The van der Waals surface area contributed by atoms with E-state index in [1.807, 2.05) is 91.0 Å². The molecule has 0 aromatic heterocycles. The molecule has 0 spiro atoms. The zero-order valence-electron chi connectivity index (χ0n) is 19.4. The molecule has 1 N–H and O–H groups in total. The zero-order valence-corrected chi connectivity index (χ0v) is 19.4. The van der Waals surface area contributed by atoms with Gasteiger partial charge < -0.3 is 28.8 Å². The summed E-state index contributed by atoms with van der Waals surface area (Å²) in [5.41, 5.74) is 3.12. The smallest absolute Gasteiger partial charge is 0.186 e. The largest absolute Gasteiger partial charge is 0.385 e. The number of benzene rings is 3. The van der Waals surface area contributed by atoms with Crippen molar-refractivity contribution in [3.05, 3.63) is 108 Å². The molecule has 6 heteroatoms. The molecule has 0 aliphatic carbocycles. The monoisotopic (exact) mass is 464 g/mol. The van der Waals surface area contributed by atoms with E-state index in [0.29, 0.717) is 19.8 Å². The van der Waals surface area contributed by atoms with Crippen LogP contribution in [-0.2, 0) is 43.5 Å². The molecular formula is C28H32O6. The molecule has 34 heavy (non-hydrogen) atoms. The van der Waals surface area contributed by atoms with Gasteiger partial charge in [-0.05, 0) is 16.7 Å². The average Bonchev–Trinajstić information content (AvgIpc) is 3.21. The van der Waals surface area contributed by atoms with Crippen molar-refractivity contribution in [2.24, 2.45) is 0 Å². The minimum Gasteiger partial charge on any atom is -0.385 e. The van der Waals surface area contributed by atoms with Crippen molar-refractivity contribution < 1.29 is 28.8 Å². The normalized spacial score (nSPS) is 23.1. The molecule has 3 aromatic carbocycles. The first-order valence-electron chi connectivity index (χ1n) is 11.5. The standard InChI is InChI=1S/C28H32O6/c1-30-28-25(29)27(33-19-23-15-9-4-10-16-23)26(34-28)24(32-18-22-13-7-3-8-14-22)20-31-17-21-11-5-2-6-12-21/h2-16,24-29H,17-20H2,1H3/t24-,25-,26-,27-,28-/m1/s1. The Kier molecular flexibility index (Phi) is 9.21. The Morgan fingerprint density at radius 2 is 1.29 bits per heavy atom. The van der Waals surface area contributed by atoms with Crippen LogP contribution in [0.4, 0.5) is 0 Å². The van der Waals surface area contributed by atoms with Gasteiger partial charge in [0.2, 0.25) is 0 Å². The molecule has 1 aliphatic rings. The first-order valence-corrected chi connectivity index (χ1v) is 11.5. The SMILES string of the molecule is CO[C@@H]1O[C@H]([C@@H](COCc2ccccc2)OCc2ccccc2)[C@H](OCc2ccccc2)[C@H]1O. The summed E-state index contributed by atoms with van der Waals surface area (Å²) in [5, 5.41) is 10.9. The lowest BCUT2D eigenvalue weighted by Gasteiger charge is -2.28. The maximum atomic E-state index is 10.9. The van der Waals surface area contributed by atoms with Crippen molar-refractivity contribution in [2.45, 2.75) is 50.5 Å². The molecule has 1 fully saturated rings. The fraction of sp³-hybridized carbons (Fsp3) is 0.357. The van der Waals surface area contributed by atoms with Crippen LogP contribution in [0.15, 0.2) is 91.0 Å². The van der Waals surface area contributed by atoms with Crippen LogP contribution in [0.5, 0.6) is 0 Å². The predicted octanol–water partition coefficient (Wildman–Crippen LogP) is 4.11. The zero-order chi connectivity index (χ0) is 23.6. The van der Waals surface area contributed by atoms with E-state index in [9.17, 15) is 5.11 Å². The summed E-state index contributed by atoms with van der Waals surface area (Å²) < 4.78 is 29.9. The Morgan fingerprint density at radius 3 is 1.85 bits per heavy atom. The Hall–Kier alpha value is -2.58. The van der Waals surface area contributed by atoms with E-state index >= 15 is 0 Å². The van der Waals surface area contributed by atoms with Crippen molar-refractivity contribution in [1.82, 2.24) is 0 Å². The van der Waals surface area contributed by atoms with Gasteiger partial charge in [-0.3, -0.25) is 0 Å². The second-order valence-corrected chi connectivity index (χ2v) is 8.29. The third-order valence-corrected chi connectivity index (χ3v) is 5.82. The van der Waals surface area contributed by atoms with Gasteiger partial charge in [-0.25, -0.2) is 0 Å². The van der Waals surface area contributed by atoms with Gasteiger partial charge >= 0.3 is 0 Å². The fourth-order valence-corrected chi connectivity index (χ4v) is 4.00. The molecule has 5 atom stereocenters. The van der Waals surface area contributed by atoms with Crippen molar-refractivity contribution >= 4 is 0 Å². The lowest BCUT2D eigenvalue weighted by atomic mass is 10.1. The van der Waals surface area contributed by atoms with Crippen LogP contribution < -0.4 is 0 Å². The lowest BCUT2D eigenvalue weighted by molar-refractivity contribution is -0.181. The van der Waals surface area contributed by atoms with Crippen molar-refractivity contribution in [3.63, 3.8) is 0 Å². The molecule has 180 valence electrons. The van der Waals surface area contributed by atoms with Gasteiger partial charge in [0.25, 0.3) is 0 Å². The quantitative estimate of drug-likeness (QED) is 0.435. The minimum atomic E-state index is -0.948. The number of hydrogen-bond donors (Lipinski definition) is 1. The van der Waals surface area contributed by atoms with E-state index in [-0.39, 0.29) is 6.61 Å². The molecule has 6 nitrogen and oxygen atoms in total. The van der Waals surface area contributed by atoms with Crippen LogP contribution in [0.3, 0.4) is 0 Å². The lowest BCUT2D eigenvalue weighted by Crippen LogP contribution is -2.44. The Morgan fingerprint density at radius 1 is 0.765 bits per heavy atom. The summed E-state index contributed by atoms with van der Waals surface area (Å²) in [5.74, 6) is 0. The Labute approximate surface area is 201 Å². The average molecular weight is 465 g/mol. The van der Waals surface area contributed by atoms with Gasteiger partial charge in [-0.1, -0.05) is 91.0 Å². The van der Waals surface area contributed by atoms with Crippen LogP contribution in [0.25, 0.3) is 0 Å². The molecule has 1 saturated heterocycles. The first kappa shape index (κ1) is 24.5. The first-order chi connectivity index (χ1) is 16.7. The molecular weight excluding hydrogens is 432 g/mol. The van der Waals surface area contributed by atoms with Crippen LogP contribution in [0, 0.1) is 0 Å². The maximum absolute atomic E-state index is 10.9. The second kappa shape index (κ2) is 12.8. The summed E-state index contributed by atoms with van der Waals surface area (Å²) in [6.45, 7) is 1.46. The number of hydrogen-bond acceptors (Lipinski definition) is 6. The molecule has 0 radical (unpaired) electrons. The molecule has 0 saturated carbocycles. The minimum absolute atomic E-state index is 0.279. The molecule has 1 aliphatic heterocycles. The number of methoxy groups -OCH3 is 1. The van der Waals surface area contributed by atoms with E-state index in [4.69, 9.17) is 23.7 Å². The highest BCUT2D eigenvalue weighted by Gasteiger charge is 2.48. The fourth-order valence-electron chi connectivity index (χ4n) is 4.00. The summed E-state index contributed by atoms with van der Waals surface area (Å²) in [4.78, 5) is 0. The molecule has 3 aromatic rings. The molecule has 0 amide bonds. The Bertz CT molecular complexity index is 952. The van der Waals surface area contributed by atoms with Gasteiger partial charge in [-0.15, -0.1) is 0 Å². The van der Waals surface area contributed by atoms with Crippen LogP contribution in [0.2, 0.25) is 0 Å². The van der Waals surface area contributed by atoms with Crippen molar-refractivity contribution in [2.75, 3.05) is 13.7 Å². The van der Waals surface area contributed by atoms with E-state index < -0.39 is 30.7 Å². The van der Waals surface area contributed by atoms with Gasteiger partial charge in [0.15, 0.2) is 6.29 Å². The number of aliphatic hydroxyl groups excluding tert-OH is 1. The highest BCUT2D eigenvalue weighted by Crippen LogP contribution is 2.29. The van der Waals surface area contributed by atoms with Crippen LogP contribution >= 0.6 is 0 Å². The summed E-state index contributed by atoms with van der Waals surface area (Å²) in [6.07, 6.45) is -3.42. The predicted molar refractivity (Wildman–Crippen MR) is 128 cm³/mol. The van der Waals surface area contributed by atoms with Gasteiger partial charge in [-0.2, -0.15) is 0 Å². The number of rotatable bonds is 12. The van der Waals surface area contributed by atoms with Crippen molar-refractivity contribution in [1.29, 1.82) is 0 Å². The van der Waals surface area contributed by atoms with E-state index in [1.165, 1.54) is 7.11 Å². The van der Waals surface area contributed by atoms with E-state index in [2.05, 4.69) is 0 Å². The summed E-state index contributed by atoms with van der Waals surface area (Å²) in [7, 11) is 1.51. The van der Waals surface area contributed by atoms with Gasteiger partial charge in [0, 0.05) is 7.11 Å². The van der Waals surface area contributed by atoms with Crippen LogP contribution in [-0.4, -0.2) is 49.5 Å². The summed E-state index contributed by atoms with van der Waals surface area (Å²) in [6, 6.07) is 29.7. The van der Waals surface area contributed by atoms with Crippen LogP contribution in [0.1, 0.15) is 16.7 Å². The second-order valence-electron chi connectivity index (χ2n) is 8.29. The van der Waals surface area contributed by atoms with E-state index in [0.717, 1.165) is 16.7 Å². The number of ether oxygens (including phenoxy) is 5. The molecule has 0 unspecified atom stereocenters. The highest BCUT2D eigenvalue weighted by atomic mass is 16.7. The Balaban J connectivity index is 1.46. The maximum Gasteiger partial charge on any atom is 0.186 e. The summed E-state index contributed by atoms with van der Waals surface area (Å²) >= 11 is 0. The van der Waals surface area contributed by atoms with E-state index in [1.54, 1.807) is 0 Å². The topological polar surface area (TPSA) is 66.4 Å². The third-order valence-electron chi connectivity index (χ3n) is 5.82. The number of aliphatic hydroxyl groups is 1. The highest BCUT2D eigenvalue weighted by molar-refractivity contribution is 5.15. The van der Waals surface area contributed by atoms with Crippen molar-refractivity contribution in [3.8, 4) is 0 Å². The van der Waals surface area contributed by atoms with Gasteiger partial charge in [0.1, 0.15) is 24.4 Å². The van der Waals surface area contributed by atoms with Gasteiger partial charge in [0.05, 0.1) is 26.4 Å². The molecule has 0 bridgehead atoms.